The molecule has 2 aliphatic heterocycles. The van der Waals surface area contributed by atoms with Crippen LogP contribution in [0.5, 0.6) is 5.75 Å². The molecule has 0 spiro atoms. The topological polar surface area (TPSA) is 49.9 Å². The summed E-state index contributed by atoms with van der Waals surface area (Å²) in [5, 5.41) is 0. The molecular weight excluding hydrogens is 352 g/mol. The molecule has 0 N–H and O–H groups in total. The van der Waals surface area contributed by atoms with Crippen molar-refractivity contribution in [3.8, 4) is 5.75 Å². The molecule has 5 nitrogen and oxygen atoms in total. The number of fused-ring (bicyclic) bond motifs is 1. The van der Waals surface area contributed by atoms with Crippen LogP contribution in [0.3, 0.4) is 0 Å². The summed E-state index contributed by atoms with van der Waals surface area (Å²) in [6, 6.07) is 16.1. The summed E-state index contributed by atoms with van der Waals surface area (Å²) < 4.78 is 5.03. The van der Waals surface area contributed by atoms with E-state index >= 15 is 0 Å². The van der Waals surface area contributed by atoms with E-state index in [2.05, 4.69) is 29.2 Å². The lowest BCUT2D eigenvalue weighted by Crippen LogP contribution is -2.48. The number of esters is 1. The van der Waals surface area contributed by atoms with Crippen molar-refractivity contribution >= 4 is 11.9 Å². The van der Waals surface area contributed by atoms with Crippen LogP contribution >= 0.6 is 0 Å². The zero-order valence-electron chi connectivity index (χ0n) is 16.3. The number of hydrogen-bond acceptors (Lipinski definition) is 4. The van der Waals surface area contributed by atoms with Crippen LogP contribution < -0.4 is 4.74 Å². The monoisotopic (exact) mass is 378 g/mol. The molecule has 2 aromatic carbocycles. The molecule has 0 aromatic heterocycles. The standard InChI is InChI=1S/C23H26N2O3/c1-17(26)28-22-8-6-19(7-9-22)23(27)24-14-11-21(12-15-24)25-13-10-18-4-2-3-5-20(18)16-25/h2-9,21H,10-16H2,1H3. The Bertz CT molecular complexity index is 854. The number of ether oxygens (including phenoxy) is 1. The molecule has 0 bridgehead atoms. The molecule has 2 aromatic rings. The summed E-state index contributed by atoms with van der Waals surface area (Å²) in [5.74, 6) is 0.159. The van der Waals surface area contributed by atoms with Gasteiger partial charge in [0, 0.05) is 44.7 Å². The summed E-state index contributed by atoms with van der Waals surface area (Å²) in [6.07, 6.45) is 3.14. The summed E-state index contributed by atoms with van der Waals surface area (Å²) in [5.41, 5.74) is 3.56. The van der Waals surface area contributed by atoms with E-state index in [9.17, 15) is 9.59 Å². The van der Waals surface area contributed by atoms with Crippen molar-refractivity contribution in [2.75, 3.05) is 19.6 Å². The van der Waals surface area contributed by atoms with E-state index in [1.54, 1.807) is 24.3 Å². The fourth-order valence-electron chi connectivity index (χ4n) is 4.28. The summed E-state index contributed by atoms with van der Waals surface area (Å²) >= 11 is 0. The molecule has 1 amide bonds. The zero-order chi connectivity index (χ0) is 19.5. The number of carbonyl (C=O) groups is 2. The molecule has 0 atom stereocenters. The summed E-state index contributed by atoms with van der Waals surface area (Å²) in [4.78, 5) is 28.3. The van der Waals surface area contributed by atoms with E-state index in [1.807, 2.05) is 4.90 Å². The van der Waals surface area contributed by atoms with Gasteiger partial charge < -0.3 is 9.64 Å². The minimum absolute atomic E-state index is 0.0526. The lowest BCUT2D eigenvalue weighted by Gasteiger charge is -2.40. The molecule has 4 rings (SSSR count). The molecule has 1 fully saturated rings. The maximum atomic E-state index is 12.8. The van der Waals surface area contributed by atoms with Gasteiger partial charge in [0.1, 0.15) is 5.75 Å². The van der Waals surface area contributed by atoms with Gasteiger partial charge in [-0.05, 0) is 54.7 Å². The highest BCUT2D eigenvalue weighted by atomic mass is 16.5. The highest BCUT2D eigenvalue weighted by Crippen LogP contribution is 2.25. The SMILES string of the molecule is CC(=O)Oc1ccc(C(=O)N2CCC(N3CCc4ccccc4C3)CC2)cc1. The number of benzene rings is 2. The molecule has 2 heterocycles. The molecular formula is C23H26N2O3. The van der Waals surface area contributed by atoms with Gasteiger partial charge in [-0.25, -0.2) is 0 Å². The van der Waals surface area contributed by atoms with Gasteiger partial charge in [-0.15, -0.1) is 0 Å². The predicted octanol–water partition coefficient (Wildman–Crippen LogP) is 3.27. The Balaban J connectivity index is 1.33. The van der Waals surface area contributed by atoms with Crippen LogP contribution in [-0.2, 0) is 17.8 Å². The van der Waals surface area contributed by atoms with Crippen molar-refractivity contribution in [3.63, 3.8) is 0 Å². The number of amides is 1. The lowest BCUT2D eigenvalue weighted by molar-refractivity contribution is -0.131. The first-order valence-electron chi connectivity index (χ1n) is 9.99. The van der Waals surface area contributed by atoms with Gasteiger partial charge in [-0.3, -0.25) is 14.5 Å². The average Bonchev–Trinajstić information content (AvgIpc) is 2.73. The highest BCUT2D eigenvalue weighted by molar-refractivity contribution is 5.94. The number of piperidine rings is 1. The summed E-state index contributed by atoms with van der Waals surface area (Å²) in [6.45, 7) is 5.06. The Hall–Kier alpha value is -2.66. The number of hydrogen-bond donors (Lipinski definition) is 0. The quantitative estimate of drug-likeness (QED) is 0.608. The number of carbonyl (C=O) groups excluding carboxylic acids is 2. The van der Waals surface area contributed by atoms with Gasteiger partial charge in [0.05, 0.1) is 0 Å². The smallest absolute Gasteiger partial charge is 0.308 e. The van der Waals surface area contributed by atoms with Gasteiger partial charge in [0.15, 0.2) is 0 Å². The Labute approximate surface area is 165 Å². The van der Waals surface area contributed by atoms with Crippen LogP contribution in [-0.4, -0.2) is 47.4 Å². The Morgan fingerprint density at radius 3 is 2.29 bits per heavy atom. The third-order valence-corrected chi connectivity index (χ3v) is 5.79. The first-order valence-corrected chi connectivity index (χ1v) is 9.99. The van der Waals surface area contributed by atoms with E-state index in [0.29, 0.717) is 17.4 Å². The van der Waals surface area contributed by atoms with Crippen molar-refractivity contribution in [2.24, 2.45) is 0 Å². The van der Waals surface area contributed by atoms with Crippen molar-refractivity contribution in [2.45, 2.75) is 38.8 Å². The molecule has 0 saturated carbocycles. The fraction of sp³-hybridized carbons (Fsp3) is 0.391. The maximum Gasteiger partial charge on any atom is 0.308 e. The van der Waals surface area contributed by atoms with E-state index in [-0.39, 0.29) is 11.9 Å². The van der Waals surface area contributed by atoms with Gasteiger partial charge in [0.2, 0.25) is 0 Å². The second kappa shape index (κ2) is 8.15. The first-order chi connectivity index (χ1) is 13.6. The summed E-state index contributed by atoms with van der Waals surface area (Å²) in [7, 11) is 0. The minimum atomic E-state index is -0.360. The number of nitrogens with zero attached hydrogens (tertiary/aromatic N) is 2. The van der Waals surface area contributed by atoms with Crippen LogP contribution in [0.1, 0.15) is 41.3 Å². The van der Waals surface area contributed by atoms with Gasteiger partial charge >= 0.3 is 5.97 Å². The van der Waals surface area contributed by atoms with Crippen molar-refractivity contribution < 1.29 is 14.3 Å². The van der Waals surface area contributed by atoms with Crippen molar-refractivity contribution in [3.05, 3.63) is 65.2 Å². The molecule has 5 heteroatoms. The largest absolute Gasteiger partial charge is 0.427 e. The minimum Gasteiger partial charge on any atom is -0.427 e. The Morgan fingerprint density at radius 2 is 1.61 bits per heavy atom. The number of likely N-dealkylation sites (tertiary alicyclic amines) is 1. The number of rotatable bonds is 3. The van der Waals surface area contributed by atoms with E-state index in [4.69, 9.17) is 4.74 Å². The Kier molecular flexibility index (Phi) is 5.44. The average molecular weight is 378 g/mol. The van der Waals surface area contributed by atoms with E-state index < -0.39 is 0 Å². The zero-order valence-corrected chi connectivity index (χ0v) is 16.3. The molecule has 0 radical (unpaired) electrons. The van der Waals surface area contributed by atoms with Crippen LogP contribution in [0, 0.1) is 0 Å². The van der Waals surface area contributed by atoms with Crippen LogP contribution in [0.15, 0.2) is 48.5 Å². The van der Waals surface area contributed by atoms with Crippen molar-refractivity contribution in [1.82, 2.24) is 9.80 Å². The van der Waals surface area contributed by atoms with Crippen LogP contribution in [0.25, 0.3) is 0 Å². The predicted molar refractivity (Wildman–Crippen MR) is 107 cm³/mol. The fourth-order valence-corrected chi connectivity index (χ4v) is 4.28. The molecule has 28 heavy (non-hydrogen) atoms. The van der Waals surface area contributed by atoms with Crippen LogP contribution in [0.2, 0.25) is 0 Å². The van der Waals surface area contributed by atoms with Crippen LogP contribution in [0.4, 0.5) is 0 Å². The Morgan fingerprint density at radius 1 is 0.929 bits per heavy atom. The maximum absolute atomic E-state index is 12.8. The molecule has 2 aliphatic rings. The third kappa shape index (κ3) is 4.09. The first kappa shape index (κ1) is 18.7. The van der Waals surface area contributed by atoms with E-state index in [0.717, 1.165) is 45.4 Å². The van der Waals surface area contributed by atoms with E-state index in [1.165, 1.54) is 18.1 Å². The second-order valence-electron chi connectivity index (χ2n) is 7.63. The van der Waals surface area contributed by atoms with Gasteiger partial charge in [-0.2, -0.15) is 0 Å². The highest BCUT2D eigenvalue weighted by Gasteiger charge is 2.29. The molecule has 0 aliphatic carbocycles. The van der Waals surface area contributed by atoms with Crippen molar-refractivity contribution in [1.29, 1.82) is 0 Å². The molecule has 1 saturated heterocycles. The molecule has 0 unspecified atom stereocenters. The normalized spacial score (nSPS) is 17.8. The van der Waals surface area contributed by atoms with Gasteiger partial charge in [0.25, 0.3) is 5.91 Å². The molecule has 146 valence electrons. The lowest BCUT2D eigenvalue weighted by atomic mass is 9.95. The third-order valence-electron chi connectivity index (χ3n) is 5.79. The van der Waals surface area contributed by atoms with Gasteiger partial charge in [-0.1, -0.05) is 24.3 Å². The second-order valence-corrected chi connectivity index (χ2v) is 7.63.